The van der Waals surface area contributed by atoms with Gasteiger partial charge in [-0.05, 0) is 106 Å². The first-order valence-corrected chi connectivity index (χ1v) is 20.5. The molecule has 0 saturated heterocycles. The molecule has 304 valence electrons. The van der Waals surface area contributed by atoms with Crippen LogP contribution in [-0.4, -0.2) is 19.6 Å². The number of imidazole rings is 1. The Kier molecular flexibility index (Phi) is 11.0. The first-order chi connectivity index (χ1) is 29.7. The standard InChI is InChI=1S/C56H48N3O.Pt/c1-35(2)47-19-13-20-48(36(3)4)53(47)41-23-25-46(26-24-41)59-52-22-14-21-49(54(52)58-56(59)50-30-37(5)29-38(6)55(50)60)44-31-43(40-17-11-8-12-18-40)32-45(33-44)51-34-42(27-28-57-51)39-15-9-7-10-16-39;/h7-32,34-36,60H,1-6H3;/q-1;/i35D,36D;. The van der Waals surface area contributed by atoms with Crippen LogP contribution in [0.3, 0.4) is 0 Å². The van der Waals surface area contributed by atoms with Gasteiger partial charge in [0.05, 0.1) is 16.6 Å². The smallest absolute Gasteiger partial charge is 0.148 e. The van der Waals surface area contributed by atoms with E-state index in [0.29, 0.717) is 11.4 Å². The van der Waals surface area contributed by atoms with Gasteiger partial charge in [-0.2, -0.15) is 0 Å². The van der Waals surface area contributed by atoms with Gasteiger partial charge in [-0.1, -0.05) is 160 Å². The normalized spacial score (nSPS) is 12.2. The summed E-state index contributed by atoms with van der Waals surface area (Å²) >= 11 is 0. The molecule has 0 aliphatic carbocycles. The van der Waals surface area contributed by atoms with E-state index >= 15 is 0 Å². The van der Waals surface area contributed by atoms with Crippen LogP contribution in [-0.2, 0) is 21.1 Å². The summed E-state index contributed by atoms with van der Waals surface area (Å²) in [6.45, 7) is 11.5. The number of phenolic OH excluding ortho intramolecular Hbond substituents is 1. The molecule has 0 saturated carbocycles. The quantitative estimate of drug-likeness (QED) is 0.147. The van der Waals surface area contributed by atoms with Gasteiger partial charge in [0, 0.05) is 41.4 Å². The van der Waals surface area contributed by atoms with Gasteiger partial charge >= 0.3 is 0 Å². The number of phenols is 1. The predicted octanol–water partition coefficient (Wildman–Crippen LogP) is 14.8. The fourth-order valence-corrected chi connectivity index (χ4v) is 8.40. The number of fused-ring (bicyclic) bond motifs is 1. The molecule has 5 heteroatoms. The Morgan fingerprint density at radius 2 is 1.21 bits per heavy atom. The van der Waals surface area contributed by atoms with E-state index in [1.54, 1.807) is 0 Å². The molecule has 0 fully saturated rings. The summed E-state index contributed by atoms with van der Waals surface area (Å²) in [5.41, 5.74) is 16.3. The SMILES string of the molecule is [2H]C(C)(C)c1cccc(C([2H])(C)C)c1-c1ccc(-n2c(-c3cc(C)cc(C)c3O)nc3c(-c4[c-]c(-c5cc(-c6ccccc6)ccn5)cc(-c5ccccc5)c4)cccc32)cc1.[Pt]. The summed E-state index contributed by atoms with van der Waals surface area (Å²) in [5.74, 6) is -0.962. The van der Waals surface area contributed by atoms with Crippen LogP contribution in [0.4, 0.5) is 0 Å². The third-order valence-electron chi connectivity index (χ3n) is 11.3. The summed E-state index contributed by atoms with van der Waals surface area (Å²) in [7, 11) is 0. The van der Waals surface area contributed by atoms with Crippen LogP contribution < -0.4 is 0 Å². The Morgan fingerprint density at radius 1 is 0.590 bits per heavy atom. The molecular formula is C56H48N3OPt-. The Labute approximate surface area is 376 Å². The van der Waals surface area contributed by atoms with Crippen LogP contribution in [0.2, 0.25) is 0 Å². The monoisotopic (exact) mass is 975 g/mol. The van der Waals surface area contributed by atoms with E-state index in [-0.39, 0.29) is 26.8 Å². The molecule has 0 radical (unpaired) electrons. The summed E-state index contributed by atoms with van der Waals surface area (Å²) in [4.78, 5) is 10.3. The van der Waals surface area contributed by atoms with E-state index in [0.717, 1.165) is 94.7 Å². The molecule has 61 heavy (non-hydrogen) atoms. The molecule has 0 amide bonds. The largest absolute Gasteiger partial charge is 0.507 e. The van der Waals surface area contributed by atoms with Crippen molar-refractivity contribution in [3.05, 3.63) is 192 Å². The maximum Gasteiger partial charge on any atom is 0.148 e. The van der Waals surface area contributed by atoms with Crippen molar-refractivity contribution < 1.29 is 28.9 Å². The van der Waals surface area contributed by atoms with Crippen molar-refractivity contribution in [3.8, 4) is 78.6 Å². The molecule has 0 aliphatic heterocycles. The Balaban J connectivity index is 0.00000544. The minimum atomic E-state index is -0.880. The number of hydrogen-bond acceptors (Lipinski definition) is 3. The number of aryl methyl sites for hydroxylation is 2. The van der Waals surface area contributed by atoms with Crippen LogP contribution in [0.15, 0.2) is 164 Å². The van der Waals surface area contributed by atoms with Crippen LogP contribution in [0.25, 0.3) is 83.9 Å². The number of nitrogens with zero attached hydrogens (tertiary/aromatic N) is 3. The fraction of sp³-hybridized carbons (Fsp3) is 0.143. The molecule has 2 heterocycles. The second-order valence-corrected chi connectivity index (χ2v) is 16.1. The average Bonchev–Trinajstić information content (AvgIpc) is 3.67. The maximum absolute atomic E-state index is 11.7. The number of aromatic hydroxyl groups is 1. The van der Waals surface area contributed by atoms with Crippen molar-refractivity contribution in [2.24, 2.45) is 0 Å². The number of benzene rings is 7. The van der Waals surface area contributed by atoms with E-state index in [9.17, 15) is 5.11 Å². The van der Waals surface area contributed by atoms with Crippen molar-refractivity contribution in [3.63, 3.8) is 0 Å². The molecule has 0 bridgehead atoms. The van der Waals surface area contributed by atoms with Gasteiger partial charge in [-0.15, -0.1) is 23.8 Å². The summed E-state index contributed by atoms with van der Waals surface area (Å²) in [6, 6.07) is 57.4. The van der Waals surface area contributed by atoms with Crippen molar-refractivity contribution in [1.29, 1.82) is 0 Å². The third-order valence-corrected chi connectivity index (χ3v) is 11.3. The van der Waals surface area contributed by atoms with Gasteiger partial charge in [-0.3, -0.25) is 9.55 Å². The van der Waals surface area contributed by atoms with Gasteiger partial charge in [0.2, 0.25) is 0 Å². The number of aromatic nitrogens is 3. The molecule has 0 unspecified atom stereocenters. The maximum atomic E-state index is 11.7. The molecule has 1 N–H and O–H groups in total. The summed E-state index contributed by atoms with van der Waals surface area (Å²) < 4.78 is 20.2. The van der Waals surface area contributed by atoms with Gasteiger partial charge in [-0.25, -0.2) is 4.98 Å². The second kappa shape index (κ2) is 17.3. The number of hydrogen-bond donors (Lipinski definition) is 1. The molecule has 4 nitrogen and oxygen atoms in total. The van der Waals surface area contributed by atoms with Crippen molar-refractivity contribution in [1.82, 2.24) is 14.5 Å². The van der Waals surface area contributed by atoms with Gasteiger partial charge in [0.25, 0.3) is 0 Å². The first kappa shape index (κ1) is 38.8. The second-order valence-electron chi connectivity index (χ2n) is 16.1. The molecular weight excluding hydrogens is 926 g/mol. The molecule has 9 rings (SSSR count). The topological polar surface area (TPSA) is 50.9 Å². The van der Waals surface area contributed by atoms with Crippen LogP contribution in [0.1, 0.15) is 64.5 Å². The van der Waals surface area contributed by atoms with Crippen LogP contribution in [0.5, 0.6) is 5.75 Å². The first-order valence-electron chi connectivity index (χ1n) is 21.5. The number of para-hydroxylation sites is 1. The Hall–Kier alpha value is -6.35. The van der Waals surface area contributed by atoms with Crippen molar-refractivity contribution in [2.75, 3.05) is 0 Å². The molecule has 0 atom stereocenters. The van der Waals surface area contributed by atoms with Gasteiger partial charge in [0.15, 0.2) is 0 Å². The van der Waals surface area contributed by atoms with Crippen LogP contribution >= 0.6 is 0 Å². The van der Waals surface area contributed by atoms with Crippen LogP contribution in [0, 0.1) is 19.9 Å². The third kappa shape index (κ3) is 8.01. The fourth-order valence-electron chi connectivity index (χ4n) is 8.40. The molecule has 9 aromatic rings. The van der Waals surface area contributed by atoms with E-state index in [1.807, 2.05) is 108 Å². The molecule has 7 aromatic carbocycles. The van der Waals surface area contributed by atoms with E-state index in [1.165, 1.54) is 0 Å². The molecule has 0 spiro atoms. The predicted molar refractivity (Wildman–Crippen MR) is 250 cm³/mol. The van der Waals surface area contributed by atoms with E-state index in [2.05, 4.69) is 108 Å². The van der Waals surface area contributed by atoms with Gasteiger partial charge in [0.1, 0.15) is 11.6 Å². The van der Waals surface area contributed by atoms with Crippen molar-refractivity contribution in [2.45, 2.75) is 53.3 Å². The summed E-state index contributed by atoms with van der Waals surface area (Å²) in [6.07, 6.45) is 1.86. The van der Waals surface area contributed by atoms with Gasteiger partial charge < -0.3 is 5.11 Å². The van der Waals surface area contributed by atoms with E-state index in [4.69, 9.17) is 12.7 Å². The minimum Gasteiger partial charge on any atom is -0.507 e. The van der Waals surface area contributed by atoms with E-state index < -0.39 is 11.8 Å². The Bertz CT molecular complexity index is 3080. The zero-order chi connectivity index (χ0) is 43.3. The van der Waals surface area contributed by atoms with Crippen molar-refractivity contribution >= 4 is 11.0 Å². The Morgan fingerprint density at radius 3 is 1.87 bits per heavy atom. The zero-order valence-electron chi connectivity index (χ0n) is 37.2. The number of rotatable bonds is 9. The molecule has 0 aliphatic rings. The average molecular weight is 976 g/mol. The summed E-state index contributed by atoms with van der Waals surface area (Å²) in [5, 5.41) is 11.7. The minimum absolute atomic E-state index is 0. The number of pyridine rings is 1. The molecule has 2 aromatic heterocycles. The zero-order valence-corrected chi connectivity index (χ0v) is 37.5.